The number of hydrogen-bond donors (Lipinski definition) is 3. The van der Waals surface area contributed by atoms with E-state index >= 15 is 0 Å². The number of rotatable bonds is 9. The summed E-state index contributed by atoms with van der Waals surface area (Å²) in [5.41, 5.74) is 4.16. The second-order valence-electron chi connectivity index (χ2n) is 10.3. The van der Waals surface area contributed by atoms with Crippen LogP contribution in [0, 0.1) is 0 Å². The predicted molar refractivity (Wildman–Crippen MR) is 173 cm³/mol. The number of anilines is 2. The maximum atomic E-state index is 13.3. The van der Waals surface area contributed by atoms with Crippen molar-refractivity contribution in [2.24, 2.45) is 0 Å². The third-order valence-electron chi connectivity index (χ3n) is 7.09. The minimum atomic E-state index is -0.924. The predicted octanol–water partition coefficient (Wildman–Crippen LogP) is 7.70. The van der Waals surface area contributed by atoms with Gasteiger partial charge in [0.05, 0.1) is 18.5 Å². The molecular formula is C36H33N3O7. The third kappa shape index (κ3) is 7.72. The van der Waals surface area contributed by atoms with Crippen LogP contribution in [0.1, 0.15) is 41.3 Å². The Balaban J connectivity index is 1.37. The van der Waals surface area contributed by atoms with Crippen molar-refractivity contribution in [2.75, 3.05) is 17.7 Å². The summed E-state index contributed by atoms with van der Waals surface area (Å²) in [6.45, 7) is 3.79. The van der Waals surface area contributed by atoms with Crippen molar-refractivity contribution >= 4 is 29.5 Å². The summed E-state index contributed by atoms with van der Waals surface area (Å²) in [5.74, 6) is -0.188. The van der Waals surface area contributed by atoms with Gasteiger partial charge in [0.1, 0.15) is 29.8 Å². The lowest BCUT2D eigenvalue weighted by molar-refractivity contribution is 0.0889. The Morgan fingerprint density at radius 3 is 1.91 bits per heavy atom. The van der Waals surface area contributed by atoms with Gasteiger partial charge in [-0.2, -0.15) is 0 Å². The molecular weight excluding hydrogens is 586 g/mol. The van der Waals surface area contributed by atoms with Crippen LogP contribution in [0.15, 0.2) is 132 Å². The minimum Gasteiger partial charge on any atom is -0.489 e. The third-order valence-corrected chi connectivity index (χ3v) is 7.09. The first-order valence-corrected chi connectivity index (χ1v) is 14.5. The normalized spacial score (nSPS) is 14.1. The molecule has 46 heavy (non-hydrogen) atoms. The molecule has 4 aromatic rings. The van der Waals surface area contributed by atoms with Crippen molar-refractivity contribution < 1.29 is 33.3 Å². The molecule has 234 valence electrons. The van der Waals surface area contributed by atoms with E-state index in [2.05, 4.69) is 16.0 Å². The van der Waals surface area contributed by atoms with Crippen LogP contribution >= 0.6 is 0 Å². The van der Waals surface area contributed by atoms with E-state index in [9.17, 15) is 14.4 Å². The largest absolute Gasteiger partial charge is 0.513 e. The van der Waals surface area contributed by atoms with Crippen molar-refractivity contribution in [1.82, 2.24) is 5.32 Å². The molecule has 5 rings (SSSR count). The second kappa shape index (κ2) is 14.6. The first kappa shape index (κ1) is 31.4. The summed E-state index contributed by atoms with van der Waals surface area (Å²) in [5, 5.41) is 8.67. The van der Waals surface area contributed by atoms with Crippen molar-refractivity contribution in [3.63, 3.8) is 0 Å². The second-order valence-corrected chi connectivity index (χ2v) is 10.3. The number of dihydropyridines is 1. The fourth-order valence-corrected chi connectivity index (χ4v) is 4.90. The maximum absolute atomic E-state index is 13.3. The minimum absolute atomic E-state index is 0.189. The molecule has 0 saturated carbocycles. The fraction of sp³-hybridized carbons (Fsp3) is 0.139. The van der Waals surface area contributed by atoms with Crippen molar-refractivity contribution in [2.45, 2.75) is 26.4 Å². The van der Waals surface area contributed by atoms with Crippen LogP contribution < -0.4 is 20.7 Å². The average Bonchev–Trinajstić information content (AvgIpc) is 3.08. The van der Waals surface area contributed by atoms with Gasteiger partial charge in [-0.1, -0.05) is 66.7 Å². The number of allylic oxidation sites excluding steroid dienone is 2. The van der Waals surface area contributed by atoms with Crippen LogP contribution in [0.3, 0.4) is 0 Å². The van der Waals surface area contributed by atoms with Gasteiger partial charge in [-0.25, -0.2) is 9.59 Å². The summed E-state index contributed by atoms with van der Waals surface area (Å²) in [4.78, 5) is 38.1. The topological polar surface area (TPSA) is 124 Å². The number of ether oxygens (including phenoxy) is 4. The summed E-state index contributed by atoms with van der Waals surface area (Å²) >= 11 is 0. The Bertz CT molecular complexity index is 1770. The van der Waals surface area contributed by atoms with Crippen molar-refractivity contribution in [1.29, 1.82) is 0 Å². The van der Waals surface area contributed by atoms with E-state index in [-0.39, 0.29) is 17.4 Å². The number of methoxy groups -OCH3 is 1. The number of benzene rings is 4. The molecule has 2 amide bonds. The van der Waals surface area contributed by atoms with E-state index in [4.69, 9.17) is 18.9 Å². The standard InChI is InChI=1S/C36H33N3O7/c1-23-32(45-35(41)39-28-20-18-27(19-21-28)38-34(40)26-14-8-5-9-15-26)31(33(24(2)37-23)46-36(42)43-3)29-16-10-11-17-30(29)44-22-25-12-6-4-7-13-25/h4-21,31,37H,22H2,1-3H3,(H,38,40)(H,39,41). The first-order valence-electron chi connectivity index (χ1n) is 14.5. The highest BCUT2D eigenvalue weighted by atomic mass is 16.7. The van der Waals surface area contributed by atoms with E-state index in [1.807, 2.05) is 54.6 Å². The van der Waals surface area contributed by atoms with Gasteiger partial charge in [0.25, 0.3) is 5.91 Å². The van der Waals surface area contributed by atoms with E-state index in [0.717, 1.165) is 5.56 Å². The highest BCUT2D eigenvalue weighted by Crippen LogP contribution is 2.43. The Morgan fingerprint density at radius 1 is 0.696 bits per heavy atom. The lowest BCUT2D eigenvalue weighted by Crippen LogP contribution is -2.30. The molecule has 1 aliphatic rings. The Hall–Kier alpha value is -6.03. The monoisotopic (exact) mass is 619 g/mol. The molecule has 0 aliphatic carbocycles. The summed E-state index contributed by atoms with van der Waals surface area (Å²) < 4.78 is 22.5. The SMILES string of the molecule is COC(=O)OC1=C(C)NC(C)=C(OC(=O)Nc2ccc(NC(=O)c3ccccc3)cc2)C1c1ccccc1OCc1ccccc1. The van der Waals surface area contributed by atoms with Crippen LogP contribution in [0.5, 0.6) is 5.75 Å². The molecule has 0 aromatic heterocycles. The van der Waals surface area contributed by atoms with E-state index in [0.29, 0.717) is 46.3 Å². The summed E-state index contributed by atoms with van der Waals surface area (Å²) in [6.07, 6.45) is -1.70. The Labute approximate surface area is 266 Å². The zero-order valence-corrected chi connectivity index (χ0v) is 25.5. The fourth-order valence-electron chi connectivity index (χ4n) is 4.90. The number of carbonyl (C=O) groups excluding carboxylic acids is 3. The molecule has 10 nitrogen and oxygen atoms in total. The number of amides is 2. The molecule has 0 saturated heterocycles. The van der Waals surface area contributed by atoms with Gasteiger partial charge in [0.2, 0.25) is 0 Å². The maximum Gasteiger partial charge on any atom is 0.513 e. The molecule has 10 heteroatoms. The Morgan fingerprint density at radius 2 is 1.26 bits per heavy atom. The smallest absolute Gasteiger partial charge is 0.489 e. The number of para-hydroxylation sites is 1. The summed E-state index contributed by atoms with van der Waals surface area (Å²) in [6, 6.07) is 32.4. The quantitative estimate of drug-likeness (QED) is 0.163. The van der Waals surface area contributed by atoms with Gasteiger partial charge >= 0.3 is 12.2 Å². The van der Waals surface area contributed by atoms with Gasteiger partial charge in [-0.05, 0) is 61.9 Å². The van der Waals surface area contributed by atoms with Gasteiger partial charge < -0.3 is 29.6 Å². The van der Waals surface area contributed by atoms with Gasteiger partial charge in [0, 0.05) is 22.5 Å². The van der Waals surface area contributed by atoms with Crippen LogP contribution in [-0.4, -0.2) is 25.3 Å². The molecule has 3 N–H and O–H groups in total. The van der Waals surface area contributed by atoms with Gasteiger partial charge in [-0.3, -0.25) is 10.1 Å². The van der Waals surface area contributed by atoms with Crippen molar-refractivity contribution in [3.05, 3.63) is 149 Å². The van der Waals surface area contributed by atoms with Crippen LogP contribution in [-0.2, 0) is 20.8 Å². The zero-order chi connectivity index (χ0) is 32.5. The molecule has 1 atom stereocenters. The molecule has 0 spiro atoms. The number of hydrogen-bond acceptors (Lipinski definition) is 8. The molecule has 1 unspecified atom stereocenters. The Kier molecular flexibility index (Phi) is 9.99. The first-order chi connectivity index (χ1) is 22.3. The molecule has 1 aliphatic heterocycles. The van der Waals surface area contributed by atoms with E-state index in [1.165, 1.54) is 7.11 Å². The van der Waals surface area contributed by atoms with Crippen LogP contribution in [0.4, 0.5) is 21.0 Å². The van der Waals surface area contributed by atoms with Gasteiger partial charge in [-0.15, -0.1) is 0 Å². The molecule has 0 radical (unpaired) electrons. The highest BCUT2D eigenvalue weighted by molar-refractivity contribution is 6.04. The average molecular weight is 620 g/mol. The lowest BCUT2D eigenvalue weighted by Gasteiger charge is -2.31. The number of nitrogens with one attached hydrogen (secondary N) is 3. The van der Waals surface area contributed by atoms with E-state index < -0.39 is 18.2 Å². The van der Waals surface area contributed by atoms with Gasteiger partial charge in [0.15, 0.2) is 0 Å². The summed E-state index contributed by atoms with van der Waals surface area (Å²) in [7, 11) is 1.21. The molecule has 0 fully saturated rings. The highest BCUT2D eigenvalue weighted by Gasteiger charge is 2.37. The molecule has 0 bridgehead atoms. The lowest BCUT2D eigenvalue weighted by atomic mass is 9.90. The van der Waals surface area contributed by atoms with Crippen LogP contribution in [0.2, 0.25) is 0 Å². The van der Waals surface area contributed by atoms with Crippen LogP contribution in [0.25, 0.3) is 0 Å². The number of carbonyl (C=O) groups is 3. The zero-order valence-electron chi connectivity index (χ0n) is 25.5. The van der Waals surface area contributed by atoms with E-state index in [1.54, 1.807) is 68.4 Å². The van der Waals surface area contributed by atoms with Crippen molar-refractivity contribution in [3.8, 4) is 5.75 Å². The molecule has 4 aromatic carbocycles. The molecule has 1 heterocycles.